The van der Waals surface area contributed by atoms with Crippen LogP contribution >= 0.6 is 0 Å². The summed E-state index contributed by atoms with van der Waals surface area (Å²) in [7, 11) is 4.78. The van der Waals surface area contributed by atoms with Gasteiger partial charge in [-0.25, -0.2) is 0 Å². The van der Waals surface area contributed by atoms with E-state index in [2.05, 4.69) is 42.3 Å². The van der Waals surface area contributed by atoms with Gasteiger partial charge >= 0.3 is 0 Å². The van der Waals surface area contributed by atoms with Crippen molar-refractivity contribution in [1.29, 1.82) is 0 Å². The number of nitrogens with zero attached hydrogens (tertiary/aromatic N) is 1. The van der Waals surface area contributed by atoms with Crippen molar-refractivity contribution in [2.24, 2.45) is 0 Å². The Morgan fingerprint density at radius 1 is 1.03 bits per heavy atom. The number of nitrogens with one attached hydrogen (secondary N) is 1. The Kier molecular flexibility index (Phi) is 4.45. The van der Waals surface area contributed by atoms with Crippen molar-refractivity contribution < 1.29 is 19.0 Å². The van der Waals surface area contributed by atoms with Crippen LogP contribution in [0.2, 0.25) is 0 Å². The maximum atomic E-state index is 12.4. The normalized spacial score (nSPS) is 21.7. The van der Waals surface area contributed by atoms with Gasteiger partial charge in [0, 0.05) is 11.1 Å². The minimum absolute atomic E-state index is 0.0159. The summed E-state index contributed by atoms with van der Waals surface area (Å²) in [4.78, 5) is 14.6. The predicted molar refractivity (Wildman–Crippen MR) is 113 cm³/mol. The Balaban J connectivity index is 1.81. The smallest absolute Gasteiger partial charge is 0.241 e. The molecule has 0 bridgehead atoms. The van der Waals surface area contributed by atoms with Crippen molar-refractivity contribution in [1.82, 2.24) is 5.32 Å². The van der Waals surface area contributed by atoms with Crippen LogP contribution in [-0.2, 0) is 10.2 Å². The van der Waals surface area contributed by atoms with Crippen LogP contribution < -0.4 is 24.4 Å². The number of methoxy groups -OCH3 is 3. The van der Waals surface area contributed by atoms with Crippen molar-refractivity contribution in [3.63, 3.8) is 0 Å². The quantitative estimate of drug-likeness (QED) is 0.843. The highest BCUT2D eigenvalue weighted by molar-refractivity contribution is 5.91. The zero-order valence-corrected chi connectivity index (χ0v) is 17.4. The molecule has 6 nitrogen and oxygen atoms in total. The highest BCUT2D eigenvalue weighted by Gasteiger charge is 2.59. The fourth-order valence-corrected chi connectivity index (χ4v) is 4.55. The second kappa shape index (κ2) is 6.72. The molecule has 2 aromatic carbocycles. The molecule has 2 aliphatic heterocycles. The first-order valence-corrected chi connectivity index (χ1v) is 9.55. The standard InChI is InChI=1S/C23H26N2O4/c1-22(2)16-8-6-7-9-17(16)25-14-20(26)24-23(22,25)11-10-15-12-18(27-3)21(29-5)19(13-15)28-4/h6-13H,14H2,1-5H3,(H,24,26)/t23-/m1/s1. The molecule has 29 heavy (non-hydrogen) atoms. The van der Waals surface area contributed by atoms with Gasteiger partial charge in [0.15, 0.2) is 11.5 Å². The molecule has 2 heterocycles. The average Bonchev–Trinajstić information content (AvgIpc) is 3.16. The number of rotatable bonds is 5. The third-order valence-electron chi connectivity index (χ3n) is 6.08. The maximum Gasteiger partial charge on any atom is 0.241 e. The fraction of sp³-hybridized carbons (Fsp3) is 0.348. The van der Waals surface area contributed by atoms with E-state index in [1.165, 1.54) is 5.56 Å². The van der Waals surface area contributed by atoms with Crippen LogP contribution in [0.25, 0.3) is 6.08 Å². The predicted octanol–water partition coefficient (Wildman–Crippen LogP) is 3.35. The van der Waals surface area contributed by atoms with E-state index in [1.54, 1.807) is 21.3 Å². The van der Waals surface area contributed by atoms with Crippen LogP contribution in [0.5, 0.6) is 17.2 Å². The third-order valence-corrected chi connectivity index (χ3v) is 6.08. The van der Waals surface area contributed by atoms with Gasteiger partial charge in [-0.1, -0.05) is 38.1 Å². The molecule has 0 aliphatic carbocycles. The Labute approximate surface area is 171 Å². The van der Waals surface area contributed by atoms with Gasteiger partial charge in [0.05, 0.1) is 27.9 Å². The summed E-state index contributed by atoms with van der Waals surface area (Å²) in [5, 5.41) is 3.23. The largest absolute Gasteiger partial charge is 0.493 e. The number of benzene rings is 2. The third kappa shape index (κ3) is 2.66. The number of fused-ring (bicyclic) bond motifs is 3. The van der Waals surface area contributed by atoms with Gasteiger partial charge in [-0.2, -0.15) is 0 Å². The highest BCUT2D eigenvalue weighted by atomic mass is 16.5. The molecule has 0 radical (unpaired) electrons. The molecule has 1 N–H and O–H groups in total. The van der Waals surface area contributed by atoms with E-state index in [-0.39, 0.29) is 11.3 Å². The van der Waals surface area contributed by atoms with Gasteiger partial charge in [-0.05, 0) is 35.4 Å². The molecule has 1 atom stereocenters. The van der Waals surface area contributed by atoms with Crippen LogP contribution in [0.3, 0.4) is 0 Å². The topological polar surface area (TPSA) is 60.0 Å². The van der Waals surface area contributed by atoms with Crippen LogP contribution in [-0.4, -0.2) is 39.4 Å². The molecule has 2 aliphatic rings. The Morgan fingerprint density at radius 3 is 2.31 bits per heavy atom. The van der Waals surface area contributed by atoms with Crippen molar-refractivity contribution >= 4 is 17.7 Å². The van der Waals surface area contributed by atoms with Crippen LogP contribution in [0.4, 0.5) is 5.69 Å². The van der Waals surface area contributed by atoms with E-state index in [1.807, 2.05) is 30.3 Å². The molecule has 152 valence electrons. The Bertz CT molecular complexity index is 973. The maximum absolute atomic E-state index is 12.4. The summed E-state index contributed by atoms with van der Waals surface area (Å²) in [5.41, 5.74) is 2.24. The van der Waals surface area contributed by atoms with Crippen molar-refractivity contribution in [3.8, 4) is 17.2 Å². The summed E-state index contributed by atoms with van der Waals surface area (Å²) >= 11 is 0. The van der Waals surface area contributed by atoms with Crippen molar-refractivity contribution in [2.75, 3.05) is 32.8 Å². The molecular formula is C23H26N2O4. The number of anilines is 1. The highest BCUT2D eigenvalue weighted by Crippen LogP contribution is 2.53. The lowest BCUT2D eigenvalue weighted by atomic mass is 9.75. The first-order chi connectivity index (χ1) is 13.9. The van der Waals surface area contributed by atoms with Gasteiger partial charge in [0.25, 0.3) is 0 Å². The first-order valence-electron chi connectivity index (χ1n) is 9.55. The summed E-state index contributed by atoms with van der Waals surface area (Å²) in [6.45, 7) is 4.66. The monoisotopic (exact) mass is 394 g/mol. The number of amides is 1. The number of hydrogen-bond acceptors (Lipinski definition) is 5. The molecule has 1 saturated heterocycles. The molecule has 0 spiro atoms. The van der Waals surface area contributed by atoms with Crippen molar-refractivity contribution in [2.45, 2.75) is 24.9 Å². The summed E-state index contributed by atoms with van der Waals surface area (Å²) in [6.07, 6.45) is 4.06. The lowest BCUT2D eigenvalue weighted by Crippen LogP contribution is -2.58. The van der Waals surface area contributed by atoms with Crippen LogP contribution in [0, 0.1) is 0 Å². The number of ether oxygens (including phenoxy) is 3. The fourth-order valence-electron chi connectivity index (χ4n) is 4.55. The molecule has 1 fully saturated rings. The second-order valence-electron chi connectivity index (χ2n) is 7.83. The van der Waals surface area contributed by atoms with Crippen LogP contribution in [0.1, 0.15) is 25.0 Å². The van der Waals surface area contributed by atoms with Gasteiger partial charge in [0.2, 0.25) is 11.7 Å². The zero-order chi connectivity index (χ0) is 20.8. The van der Waals surface area contributed by atoms with E-state index in [0.717, 1.165) is 11.3 Å². The Hall–Kier alpha value is -3.15. The summed E-state index contributed by atoms with van der Waals surface area (Å²) < 4.78 is 16.3. The Morgan fingerprint density at radius 2 is 1.69 bits per heavy atom. The molecule has 6 heteroatoms. The van der Waals surface area contributed by atoms with E-state index < -0.39 is 5.66 Å². The first kappa shape index (κ1) is 19.2. The average molecular weight is 394 g/mol. The van der Waals surface area contributed by atoms with Gasteiger partial charge in [0.1, 0.15) is 5.66 Å². The lowest BCUT2D eigenvalue weighted by Gasteiger charge is -2.40. The number of para-hydroxylation sites is 1. The SMILES string of the molecule is COc1cc(C=C[C@@]23NC(=O)CN2c2ccccc2C3(C)C)cc(OC)c1OC. The van der Waals surface area contributed by atoms with Crippen LogP contribution in [0.15, 0.2) is 42.5 Å². The van der Waals surface area contributed by atoms with Gasteiger partial charge in [-0.15, -0.1) is 0 Å². The molecule has 2 aromatic rings. The summed E-state index contributed by atoms with van der Waals surface area (Å²) in [5.74, 6) is 1.74. The number of hydrogen-bond donors (Lipinski definition) is 1. The summed E-state index contributed by atoms with van der Waals surface area (Å²) in [6, 6.07) is 12.1. The van der Waals surface area contributed by atoms with E-state index in [9.17, 15) is 4.79 Å². The van der Waals surface area contributed by atoms with Crippen molar-refractivity contribution in [3.05, 3.63) is 53.6 Å². The molecular weight excluding hydrogens is 368 g/mol. The van der Waals surface area contributed by atoms with Gasteiger partial charge < -0.3 is 24.4 Å². The number of carbonyl (C=O) groups excluding carboxylic acids is 1. The molecule has 0 aromatic heterocycles. The van der Waals surface area contributed by atoms with E-state index in [0.29, 0.717) is 23.8 Å². The molecule has 4 rings (SSSR count). The molecule has 0 unspecified atom stereocenters. The lowest BCUT2D eigenvalue weighted by molar-refractivity contribution is -0.118. The zero-order valence-electron chi connectivity index (χ0n) is 17.4. The second-order valence-corrected chi connectivity index (χ2v) is 7.83. The minimum Gasteiger partial charge on any atom is -0.493 e. The van der Waals surface area contributed by atoms with E-state index >= 15 is 0 Å². The molecule has 1 amide bonds. The minimum atomic E-state index is -0.645. The molecule has 0 saturated carbocycles. The van der Waals surface area contributed by atoms with E-state index in [4.69, 9.17) is 14.2 Å². The number of carbonyl (C=O) groups is 1. The van der Waals surface area contributed by atoms with Gasteiger partial charge in [-0.3, -0.25) is 4.79 Å².